The lowest BCUT2D eigenvalue weighted by Crippen LogP contribution is -2.13. The van der Waals surface area contributed by atoms with Gasteiger partial charge in [0.1, 0.15) is 0 Å². The molecule has 0 aliphatic heterocycles. The Morgan fingerprint density at radius 2 is 1.89 bits per heavy atom. The van der Waals surface area contributed by atoms with Crippen LogP contribution in [-0.4, -0.2) is 17.5 Å². The third-order valence-corrected chi connectivity index (χ3v) is 3.10. The molecule has 0 amide bonds. The van der Waals surface area contributed by atoms with Crippen LogP contribution in [0.5, 0.6) is 0 Å². The van der Waals surface area contributed by atoms with Gasteiger partial charge in [-0.2, -0.15) is 0 Å². The molecule has 0 saturated heterocycles. The van der Waals surface area contributed by atoms with Crippen molar-refractivity contribution in [3.8, 4) is 11.8 Å². The standard InChI is InChI=1S/C16H16O2/c1-12-5-7-13(8-6-12)9-10-14-3-2-4-16(18)15(14)11-17/h5-8,17H,2-4,11H2,1H3. The van der Waals surface area contributed by atoms with E-state index in [1.807, 2.05) is 31.2 Å². The van der Waals surface area contributed by atoms with Crippen LogP contribution in [0.4, 0.5) is 0 Å². The Bertz CT molecular complexity index is 539. The molecule has 0 aromatic heterocycles. The molecule has 0 spiro atoms. The van der Waals surface area contributed by atoms with Crippen LogP contribution in [0.1, 0.15) is 30.4 Å². The maximum atomic E-state index is 11.6. The SMILES string of the molecule is Cc1ccc(C#CC2=C(CO)C(=O)CCC2)cc1. The summed E-state index contributed by atoms with van der Waals surface area (Å²) in [5.41, 5.74) is 3.43. The number of aryl methyl sites for hydroxylation is 1. The van der Waals surface area contributed by atoms with Crippen LogP contribution in [0.3, 0.4) is 0 Å². The van der Waals surface area contributed by atoms with Crippen LogP contribution in [0, 0.1) is 18.8 Å². The third kappa shape index (κ3) is 2.88. The molecule has 0 bridgehead atoms. The first-order valence-electron chi connectivity index (χ1n) is 6.15. The minimum absolute atomic E-state index is 0.0388. The molecule has 0 saturated carbocycles. The highest BCUT2D eigenvalue weighted by Gasteiger charge is 2.18. The zero-order chi connectivity index (χ0) is 13.0. The largest absolute Gasteiger partial charge is 0.392 e. The summed E-state index contributed by atoms with van der Waals surface area (Å²) in [6.45, 7) is 1.83. The molecule has 0 radical (unpaired) electrons. The van der Waals surface area contributed by atoms with Crippen LogP contribution >= 0.6 is 0 Å². The Morgan fingerprint density at radius 3 is 2.56 bits per heavy atom. The first-order valence-corrected chi connectivity index (χ1v) is 6.15. The zero-order valence-corrected chi connectivity index (χ0v) is 10.5. The predicted molar refractivity (Wildman–Crippen MR) is 71.0 cm³/mol. The van der Waals surface area contributed by atoms with E-state index in [9.17, 15) is 9.90 Å². The molecule has 0 atom stereocenters. The zero-order valence-electron chi connectivity index (χ0n) is 10.5. The number of rotatable bonds is 1. The number of carbonyl (C=O) groups excluding carboxylic acids is 1. The van der Waals surface area contributed by atoms with Crippen molar-refractivity contribution in [3.63, 3.8) is 0 Å². The molecule has 0 heterocycles. The van der Waals surface area contributed by atoms with Crippen molar-refractivity contribution in [3.05, 3.63) is 46.5 Å². The lowest BCUT2D eigenvalue weighted by Gasteiger charge is -2.13. The van der Waals surface area contributed by atoms with Crippen molar-refractivity contribution in [1.82, 2.24) is 0 Å². The van der Waals surface area contributed by atoms with Gasteiger partial charge in [-0.15, -0.1) is 0 Å². The van der Waals surface area contributed by atoms with Gasteiger partial charge in [0.2, 0.25) is 0 Å². The van der Waals surface area contributed by atoms with Crippen molar-refractivity contribution < 1.29 is 9.90 Å². The molecule has 18 heavy (non-hydrogen) atoms. The highest BCUT2D eigenvalue weighted by molar-refractivity contribution is 5.98. The quantitative estimate of drug-likeness (QED) is 0.765. The number of Topliss-reactive ketones (excluding diaryl/α,β-unsaturated/α-hetero) is 1. The minimum Gasteiger partial charge on any atom is -0.392 e. The summed E-state index contributed by atoms with van der Waals surface area (Å²) in [5.74, 6) is 6.13. The molecule has 92 valence electrons. The van der Waals surface area contributed by atoms with Gasteiger partial charge in [0.15, 0.2) is 5.78 Å². The van der Waals surface area contributed by atoms with E-state index in [2.05, 4.69) is 11.8 Å². The fourth-order valence-corrected chi connectivity index (χ4v) is 2.00. The maximum absolute atomic E-state index is 11.6. The average molecular weight is 240 g/mol. The number of carbonyl (C=O) groups is 1. The number of aliphatic hydroxyl groups is 1. The van der Waals surface area contributed by atoms with E-state index in [1.165, 1.54) is 5.56 Å². The van der Waals surface area contributed by atoms with E-state index < -0.39 is 0 Å². The Morgan fingerprint density at radius 1 is 1.17 bits per heavy atom. The summed E-state index contributed by atoms with van der Waals surface area (Å²) < 4.78 is 0. The average Bonchev–Trinajstić information content (AvgIpc) is 2.38. The summed E-state index contributed by atoms with van der Waals surface area (Å²) in [5, 5.41) is 9.22. The molecule has 1 aromatic rings. The predicted octanol–water partition coefficient (Wildman–Crippen LogP) is 2.39. The highest BCUT2D eigenvalue weighted by Crippen LogP contribution is 2.21. The van der Waals surface area contributed by atoms with Gasteiger partial charge in [0, 0.05) is 23.1 Å². The van der Waals surface area contributed by atoms with Crippen molar-refractivity contribution in [2.45, 2.75) is 26.2 Å². The number of hydrogen-bond donors (Lipinski definition) is 1. The molecule has 0 unspecified atom stereocenters. The lowest BCUT2D eigenvalue weighted by molar-refractivity contribution is -0.116. The number of allylic oxidation sites excluding steroid dienone is 1. The second-order valence-corrected chi connectivity index (χ2v) is 4.51. The molecular weight excluding hydrogens is 224 g/mol. The van der Waals surface area contributed by atoms with Crippen LogP contribution < -0.4 is 0 Å². The van der Waals surface area contributed by atoms with Gasteiger partial charge in [-0.1, -0.05) is 29.5 Å². The maximum Gasteiger partial charge on any atom is 0.162 e. The number of hydrogen-bond acceptors (Lipinski definition) is 2. The smallest absolute Gasteiger partial charge is 0.162 e. The molecule has 0 fully saturated rings. The summed E-state index contributed by atoms with van der Waals surface area (Å²) >= 11 is 0. The van der Waals surface area contributed by atoms with E-state index >= 15 is 0 Å². The number of ketones is 1. The van der Waals surface area contributed by atoms with Crippen LogP contribution in [0.15, 0.2) is 35.4 Å². The third-order valence-electron chi connectivity index (χ3n) is 3.10. The Labute approximate surface area is 107 Å². The van der Waals surface area contributed by atoms with Gasteiger partial charge < -0.3 is 5.11 Å². The van der Waals surface area contributed by atoms with Gasteiger partial charge >= 0.3 is 0 Å². The normalized spacial score (nSPS) is 15.3. The molecule has 1 aliphatic rings. The lowest BCUT2D eigenvalue weighted by atomic mass is 9.91. The van der Waals surface area contributed by atoms with E-state index in [1.54, 1.807) is 0 Å². The van der Waals surface area contributed by atoms with E-state index in [0.717, 1.165) is 24.0 Å². The Kier molecular flexibility index (Phi) is 3.96. The molecule has 1 aliphatic carbocycles. The summed E-state index contributed by atoms with van der Waals surface area (Å²) in [4.78, 5) is 11.6. The first kappa shape index (κ1) is 12.6. The van der Waals surface area contributed by atoms with Gasteiger partial charge in [-0.3, -0.25) is 4.79 Å². The van der Waals surface area contributed by atoms with E-state index in [0.29, 0.717) is 12.0 Å². The van der Waals surface area contributed by atoms with Gasteiger partial charge in [-0.05, 0) is 31.9 Å². The fourth-order valence-electron chi connectivity index (χ4n) is 2.00. The van der Waals surface area contributed by atoms with Crippen molar-refractivity contribution in [1.29, 1.82) is 0 Å². The molecular formula is C16H16O2. The molecule has 2 rings (SSSR count). The van der Waals surface area contributed by atoms with Gasteiger partial charge in [0.05, 0.1) is 6.61 Å². The van der Waals surface area contributed by atoms with Crippen LogP contribution in [0.25, 0.3) is 0 Å². The summed E-state index contributed by atoms with van der Waals surface area (Å²) in [6, 6.07) is 7.95. The molecule has 1 aromatic carbocycles. The molecule has 1 N–H and O–H groups in total. The number of aliphatic hydroxyl groups excluding tert-OH is 1. The van der Waals surface area contributed by atoms with Gasteiger partial charge in [-0.25, -0.2) is 0 Å². The summed E-state index contributed by atoms with van der Waals surface area (Å²) in [6.07, 6.45) is 2.16. The fraction of sp³-hybridized carbons (Fsp3) is 0.312. The molecule has 2 heteroatoms. The minimum atomic E-state index is -0.198. The topological polar surface area (TPSA) is 37.3 Å². The Balaban J connectivity index is 2.28. The van der Waals surface area contributed by atoms with Crippen molar-refractivity contribution in [2.75, 3.05) is 6.61 Å². The summed E-state index contributed by atoms with van der Waals surface area (Å²) in [7, 11) is 0. The monoisotopic (exact) mass is 240 g/mol. The Hall–Kier alpha value is -1.85. The molecule has 2 nitrogen and oxygen atoms in total. The second kappa shape index (κ2) is 5.66. The van der Waals surface area contributed by atoms with E-state index in [-0.39, 0.29) is 12.4 Å². The first-order chi connectivity index (χ1) is 8.70. The number of benzene rings is 1. The van der Waals surface area contributed by atoms with Crippen molar-refractivity contribution in [2.24, 2.45) is 0 Å². The van der Waals surface area contributed by atoms with Crippen LogP contribution in [0.2, 0.25) is 0 Å². The van der Waals surface area contributed by atoms with E-state index in [4.69, 9.17) is 0 Å². The highest BCUT2D eigenvalue weighted by atomic mass is 16.3. The van der Waals surface area contributed by atoms with Crippen LogP contribution in [-0.2, 0) is 4.79 Å². The van der Waals surface area contributed by atoms with Gasteiger partial charge in [0.25, 0.3) is 0 Å². The second-order valence-electron chi connectivity index (χ2n) is 4.51. The van der Waals surface area contributed by atoms with Crippen molar-refractivity contribution >= 4 is 5.78 Å².